The molecular weight excluding hydrogens is 416 g/mol. The van der Waals surface area contributed by atoms with Gasteiger partial charge in [-0.15, -0.1) is 0 Å². The minimum absolute atomic E-state index is 0.0181. The van der Waals surface area contributed by atoms with E-state index in [0.717, 1.165) is 12.8 Å². The maximum absolute atomic E-state index is 11.8. The Hall–Kier alpha value is -0.790. The number of esters is 1. The minimum Gasteiger partial charge on any atom is -0.466 e. The first-order valence-corrected chi connectivity index (χ1v) is 15.6. The number of carbonyl (C=O) groups is 1. The van der Waals surface area contributed by atoms with Crippen LogP contribution in [0.4, 0.5) is 0 Å². The zero-order valence-electron chi connectivity index (χ0n) is 23.6. The molecule has 0 saturated carbocycles. The van der Waals surface area contributed by atoms with Gasteiger partial charge >= 0.3 is 5.97 Å². The van der Waals surface area contributed by atoms with Crippen LogP contribution in [0.2, 0.25) is 0 Å². The first-order chi connectivity index (χ1) is 16.8. The molecule has 0 saturated heterocycles. The van der Waals surface area contributed by atoms with Gasteiger partial charge in [0.1, 0.15) is 0 Å². The van der Waals surface area contributed by atoms with Gasteiger partial charge in [0.25, 0.3) is 0 Å². The molecule has 0 aromatic heterocycles. The van der Waals surface area contributed by atoms with Gasteiger partial charge in [-0.25, -0.2) is 0 Å². The maximum atomic E-state index is 11.8. The fourth-order valence-electron chi connectivity index (χ4n) is 4.53. The van der Waals surface area contributed by atoms with E-state index in [1.807, 2.05) is 0 Å². The lowest BCUT2D eigenvalue weighted by molar-refractivity contribution is -0.143. The quantitative estimate of drug-likeness (QED) is 0.0634. The Balaban J connectivity index is 3.17. The van der Waals surface area contributed by atoms with E-state index in [1.54, 1.807) is 0 Å². The number of ether oxygens (including phenoxy) is 1. The first kappa shape index (κ1) is 33.2. The molecule has 0 aromatic rings. The molecule has 0 aliphatic rings. The number of hydrogen-bond donors (Lipinski definition) is 0. The van der Waals surface area contributed by atoms with E-state index in [9.17, 15) is 4.79 Å². The van der Waals surface area contributed by atoms with Crippen molar-refractivity contribution in [2.45, 2.75) is 181 Å². The lowest BCUT2D eigenvalue weighted by Gasteiger charge is -2.05. The molecule has 0 aliphatic carbocycles. The van der Waals surface area contributed by atoms with Crippen LogP contribution in [0.5, 0.6) is 0 Å². The third-order valence-electron chi connectivity index (χ3n) is 6.90. The molecule has 34 heavy (non-hydrogen) atoms. The Labute approximate surface area is 215 Å². The van der Waals surface area contributed by atoms with Crippen molar-refractivity contribution >= 4 is 5.97 Å². The molecule has 0 bridgehead atoms. The lowest BCUT2D eigenvalue weighted by Crippen LogP contribution is -2.05. The van der Waals surface area contributed by atoms with Crippen molar-refractivity contribution in [1.82, 2.24) is 0 Å². The Bertz CT molecular complexity index is 415. The van der Waals surface area contributed by atoms with Crippen LogP contribution >= 0.6 is 0 Å². The molecule has 0 spiro atoms. The van der Waals surface area contributed by atoms with Crippen LogP contribution < -0.4 is 0 Å². The molecule has 0 amide bonds. The summed E-state index contributed by atoms with van der Waals surface area (Å²) in [4.78, 5) is 11.8. The summed E-state index contributed by atoms with van der Waals surface area (Å²) in [6.45, 7) is 5.16. The van der Waals surface area contributed by atoms with E-state index in [1.165, 1.54) is 148 Å². The van der Waals surface area contributed by atoms with Crippen molar-refractivity contribution in [3.8, 4) is 0 Å². The molecule has 0 aliphatic heterocycles. The highest BCUT2D eigenvalue weighted by atomic mass is 16.5. The average molecular weight is 479 g/mol. The second-order valence-corrected chi connectivity index (χ2v) is 10.4. The van der Waals surface area contributed by atoms with Crippen LogP contribution in [-0.4, -0.2) is 12.6 Å². The van der Waals surface area contributed by atoms with E-state index in [4.69, 9.17) is 4.74 Å². The molecule has 0 fully saturated rings. The van der Waals surface area contributed by atoms with Gasteiger partial charge in [0.05, 0.1) is 6.61 Å². The molecule has 0 heterocycles. The highest BCUT2D eigenvalue weighted by molar-refractivity contribution is 5.69. The average Bonchev–Trinajstić information content (AvgIpc) is 2.84. The normalized spacial score (nSPS) is 11.5. The van der Waals surface area contributed by atoms with Crippen molar-refractivity contribution < 1.29 is 9.53 Å². The van der Waals surface area contributed by atoms with E-state index < -0.39 is 0 Å². The molecule has 0 N–H and O–H groups in total. The molecule has 0 unspecified atom stereocenters. The van der Waals surface area contributed by atoms with Crippen molar-refractivity contribution in [2.75, 3.05) is 6.61 Å². The number of carbonyl (C=O) groups excluding carboxylic acids is 1. The van der Waals surface area contributed by atoms with E-state index >= 15 is 0 Å². The minimum atomic E-state index is 0.0181. The first-order valence-electron chi connectivity index (χ1n) is 15.6. The van der Waals surface area contributed by atoms with Crippen LogP contribution in [0.15, 0.2) is 12.2 Å². The third kappa shape index (κ3) is 29.2. The summed E-state index contributed by atoms with van der Waals surface area (Å²) in [5, 5.41) is 0. The monoisotopic (exact) mass is 478 g/mol. The summed E-state index contributed by atoms with van der Waals surface area (Å²) in [6, 6.07) is 0. The molecule has 202 valence electrons. The Morgan fingerprint density at radius 1 is 0.471 bits per heavy atom. The van der Waals surface area contributed by atoms with E-state index in [-0.39, 0.29) is 5.97 Å². The second kappa shape index (κ2) is 30.2. The predicted molar refractivity (Wildman–Crippen MR) is 151 cm³/mol. The summed E-state index contributed by atoms with van der Waals surface area (Å²) >= 11 is 0. The molecule has 2 nitrogen and oxygen atoms in total. The number of rotatable bonds is 28. The van der Waals surface area contributed by atoms with E-state index in [2.05, 4.69) is 26.0 Å². The van der Waals surface area contributed by atoms with Gasteiger partial charge in [0, 0.05) is 6.42 Å². The van der Waals surface area contributed by atoms with Gasteiger partial charge < -0.3 is 4.74 Å². The summed E-state index contributed by atoms with van der Waals surface area (Å²) < 4.78 is 5.40. The summed E-state index contributed by atoms with van der Waals surface area (Å²) in [6.07, 6.45) is 38.2. The van der Waals surface area contributed by atoms with Crippen molar-refractivity contribution in [3.63, 3.8) is 0 Å². The fraction of sp³-hybridized carbons (Fsp3) is 0.906. The van der Waals surface area contributed by atoms with E-state index in [0.29, 0.717) is 13.0 Å². The van der Waals surface area contributed by atoms with Crippen LogP contribution in [-0.2, 0) is 9.53 Å². The topological polar surface area (TPSA) is 26.3 Å². The molecular formula is C32H62O2. The fourth-order valence-corrected chi connectivity index (χ4v) is 4.53. The maximum Gasteiger partial charge on any atom is 0.305 e. The smallest absolute Gasteiger partial charge is 0.305 e. The second-order valence-electron chi connectivity index (χ2n) is 10.4. The van der Waals surface area contributed by atoms with Gasteiger partial charge in [0.2, 0.25) is 0 Å². The summed E-state index contributed by atoms with van der Waals surface area (Å²) in [5.74, 6) is 0.0181. The van der Waals surface area contributed by atoms with Crippen molar-refractivity contribution in [3.05, 3.63) is 12.2 Å². The molecule has 0 aromatic carbocycles. The molecule has 0 rings (SSSR count). The number of hydrogen-bond acceptors (Lipinski definition) is 2. The van der Waals surface area contributed by atoms with Gasteiger partial charge in [0.15, 0.2) is 0 Å². The van der Waals surface area contributed by atoms with Crippen LogP contribution in [0, 0.1) is 0 Å². The highest BCUT2D eigenvalue weighted by Gasteiger charge is 2.02. The van der Waals surface area contributed by atoms with Crippen LogP contribution in [0.3, 0.4) is 0 Å². The number of allylic oxidation sites excluding steroid dienone is 2. The molecule has 0 atom stereocenters. The summed E-state index contributed by atoms with van der Waals surface area (Å²) in [7, 11) is 0. The zero-order chi connectivity index (χ0) is 24.8. The van der Waals surface area contributed by atoms with Gasteiger partial charge in [-0.3, -0.25) is 4.79 Å². The van der Waals surface area contributed by atoms with Crippen LogP contribution in [0.25, 0.3) is 0 Å². The Kier molecular flexibility index (Phi) is 29.5. The molecule has 0 radical (unpaired) electrons. The predicted octanol–water partition coefficient (Wildman–Crippen LogP) is 11.3. The zero-order valence-corrected chi connectivity index (χ0v) is 23.6. The van der Waals surface area contributed by atoms with Crippen molar-refractivity contribution in [2.24, 2.45) is 0 Å². The van der Waals surface area contributed by atoms with Crippen molar-refractivity contribution in [1.29, 1.82) is 0 Å². The third-order valence-corrected chi connectivity index (χ3v) is 6.90. The largest absolute Gasteiger partial charge is 0.466 e. The van der Waals surface area contributed by atoms with Gasteiger partial charge in [-0.1, -0.05) is 154 Å². The summed E-state index contributed by atoms with van der Waals surface area (Å²) in [5.41, 5.74) is 0. The highest BCUT2D eigenvalue weighted by Crippen LogP contribution is 2.14. The standard InChI is InChI=1S/C32H62O2/c1-3-5-7-9-11-13-15-17-18-19-20-22-24-26-28-30-32(33)34-31-29-27-25-23-21-16-14-12-10-8-6-4-2/h10,12H,3-9,11,13-31H2,1-2H3/b12-10-. The SMILES string of the molecule is CCCC/C=C\CCCCCCCCOC(=O)CCCCCCCCCCCCCCCCC. The van der Waals surface area contributed by atoms with Gasteiger partial charge in [-0.2, -0.15) is 0 Å². The molecule has 2 heteroatoms. The number of unbranched alkanes of at least 4 members (excludes halogenated alkanes) is 22. The van der Waals surface area contributed by atoms with Crippen LogP contribution in [0.1, 0.15) is 181 Å². The van der Waals surface area contributed by atoms with Gasteiger partial charge in [-0.05, 0) is 32.1 Å². The Morgan fingerprint density at radius 3 is 1.35 bits per heavy atom. The lowest BCUT2D eigenvalue weighted by atomic mass is 10.0. The Morgan fingerprint density at radius 2 is 0.853 bits per heavy atom.